The van der Waals surface area contributed by atoms with Gasteiger partial charge in [0.05, 0.1) is 32.0 Å². The maximum absolute atomic E-state index is 5.89. The van der Waals surface area contributed by atoms with Crippen LogP contribution in [0.25, 0.3) is 0 Å². The highest BCUT2D eigenvalue weighted by molar-refractivity contribution is 5.44. The van der Waals surface area contributed by atoms with Crippen molar-refractivity contribution in [1.29, 1.82) is 0 Å². The van der Waals surface area contributed by atoms with E-state index in [1.807, 2.05) is 6.07 Å². The number of nitrogens with one attached hydrogen (secondary N) is 1. The van der Waals surface area contributed by atoms with E-state index in [4.69, 9.17) is 14.2 Å². The van der Waals surface area contributed by atoms with Crippen molar-refractivity contribution in [3.8, 4) is 11.5 Å². The maximum Gasteiger partial charge on any atom is 0.161 e. The number of ether oxygens (including phenoxy) is 3. The number of fused-ring (bicyclic) bond motifs is 1. The van der Waals surface area contributed by atoms with Gasteiger partial charge in [-0.05, 0) is 37.6 Å². The minimum absolute atomic E-state index is 0.182. The van der Waals surface area contributed by atoms with Crippen LogP contribution >= 0.6 is 0 Å². The fraction of sp³-hybridized carbons (Fsp3) is 0.647. The molecule has 0 bridgehead atoms. The number of rotatable bonds is 7. The molecule has 4 heteroatoms. The van der Waals surface area contributed by atoms with E-state index >= 15 is 0 Å². The summed E-state index contributed by atoms with van der Waals surface area (Å²) >= 11 is 0. The quantitative estimate of drug-likeness (QED) is 0.837. The van der Waals surface area contributed by atoms with Crippen molar-refractivity contribution in [2.45, 2.75) is 45.8 Å². The molecule has 0 saturated heterocycles. The molecular weight excluding hydrogens is 266 g/mol. The summed E-state index contributed by atoms with van der Waals surface area (Å²) in [6.45, 7) is 9.37. The topological polar surface area (TPSA) is 39.7 Å². The predicted octanol–water partition coefficient (Wildman–Crippen LogP) is 3.31. The average Bonchev–Trinajstić information content (AvgIpc) is 2.75. The summed E-state index contributed by atoms with van der Waals surface area (Å²) in [6.07, 6.45) is 2.24. The average molecular weight is 293 g/mol. The first-order valence-electron chi connectivity index (χ1n) is 7.99. The summed E-state index contributed by atoms with van der Waals surface area (Å²) in [5, 5.41) is 3.48. The molecule has 1 aliphatic rings. The summed E-state index contributed by atoms with van der Waals surface area (Å²) < 4.78 is 17.3. The lowest BCUT2D eigenvalue weighted by Crippen LogP contribution is -2.27. The van der Waals surface area contributed by atoms with Crippen molar-refractivity contribution >= 4 is 0 Å². The fourth-order valence-corrected chi connectivity index (χ4v) is 2.29. The van der Waals surface area contributed by atoms with Crippen LogP contribution in [0.1, 0.15) is 45.2 Å². The Kier molecular flexibility index (Phi) is 6.33. The van der Waals surface area contributed by atoms with Gasteiger partial charge < -0.3 is 19.5 Å². The maximum atomic E-state index is 5.89. The molecule has 1 heterocycles. The second-order valence-corrected chi connectivity index (χ2v) is 5.42. The fourth-order valence-electron chi connectivity index (χ4n) is 2.29. The zero-order chi connectivity index (χ0) is 15.1. The monoisotopic (exact) mass is 293 g/mol. The van der Waals surface area contributed by atoms with Crippen molar-refractivity contribution in [1.82, 2.24) is 5.32 Å². The Morgan fingerprint density at radius 2 is 1.95 bits per heavy atom. The number of hydrogen-bond donors (Lipinski definition) is 1. The molecule has 2 atom stereocenters. The highest BCUT2D eigenvalue weighted by atomic mass is 16.5. The molecule has 0 spiro atoms. The molecule has 0 fully saturated rings. The zero-order valence-electron chi connectivity index (χ0n) is 13.4. The molecule has 0 aromatic heterocycles. The summed E-state index contributed by atoms with van der Waals surface area (Å²) in [6, 6.07) is 6.36. The van der Waals surface area contributed by atoms with Crippen LogP contribution in [0.15, 0.2) is 18.2 Å². The Morgan fingerprint density at radius 3 is 2.67 bits per heavy atom. The molecule has 1 aromatic rings. The van der Waals surface area contributed by atoms with E-state index in [2.05, 4.69) is 38.2 Å². The van der Waals surface area contributed by atoms with Crippen LogP contribution in [0.2, 0.25) is 0 Å². The first kappa shape index (κ1) is 16.1. The van der Waals surface area contributed by atoms with Crippen LogP contribution in [0, 0.1) is 0 Å². The van der Waals surface area contributed by atoms with Crippen LogP contribution in [0.3, 0.4) is 0 Å². The van der Waals surface area contributed by atoms with Crippen molar-refractivity contribution < 1.29 is 14.2 Å². The van der Waals surface area contributed by atoms with Gasteiger partial charge in [-0.1, -0.05) is 19.9 Å². The minimum Gasteiger partial charge on any atom is -0.490 e. The summed E-state index contributed by atoms with van der Waals surface area (Å²) in [4.78, 5) is 0. The molecule has 0 radical (unpaired) electrons. The summed E-state index contributed by atoms with van der Waals surface area (Å²) in [5.41, 5.74) is 1.18. The summed E-state index contributed by atoms with van der Waals surface area (Å²) in [7, 11) is 0. The number of hydrogen-bond acceptors (Lipinski definition) is 4. The van der Waals surface area contributed by atoms with Crippen molar-refractivity contribution in [3.05, 3.63) is 23.8 Å². The van der Waals surface area contributed by atoms with Gasteiger partial charge in [-0.25, -0.2) is 0 Å². The lowest BCUT2D eigenvalue weighted by atomic mass is 10.1. The Balaban J connectivity index is 2.10. The minimum atomic E-state index is 0.182. The third-order valence-corrected chi connectivity index (χ3v) is 3.75. The normalized spacial score (nSPS) is 17.1. The first-order valence-corrected chi connectivity index (χ1v) is 7.99. The van der Waals surface area contributed by atoms with Gasteiger partial charge in [0, 0.05) is 6.42 Å². The summed E-state index contributed by atoms with van der Waals surface area (Å²) in [5.74, 6) is 1.69. The van der Waals surface area contributed by atoms with Crippen molar-refractivity contribution in [2.75, 3.05) is 26.4 Å². The van der Waals surface area contributed by atoms with Crippen LogP contribution in [0.4, 0.5) is 0 Å². The molecule has 1 aliphatic heterocycles. The molecule has 2 rings (SSSR count). The molecule has 21 heavy (non-hydrogen) atoms. The molecule has 1 aromatic carbocycles. The SMILES string of the molecule is CCNC(COC(C)CC)c1ccc2c(c1)OCCCO2. The largest absolute Gasteiger partial charge is 0.490 e. The zero-order valence-corrected chi connectivity index (χ0v) is 13.4. The number of benzene rings is 1. The Morgan fingerprint density at radius 1 is 1.19 bits per heavy atom. The molecule has 118 valence electrons. The van der Waals surface area contributed by atoms with Gasteiger partial charge in [0.15, 0.2) is 11.5 Å². The van der Waals surface area contributed by atoms with E-state index in [1.54, 1.807) is 0 Å². The van der Waals surface area contributed by atoms with Gasteiger partial charge in [-0.2, -0.15) is 0 Å². The van der Waals surface area contributed by atoms with E-state index in [0.29, 0.717) is 13.2 Å². The molecule has 2 unspecified atom stereocenters. The van der Waals surface area contributed by atoms with Gasteiger partial charge in [-0.3, -0.25) is 0 Å². The van der Waals surface area contributed by atoms with E-state index in [1.165, 1.54) is 5.56 Å². The second kappa shape index (κ2) is 8.25. The molecule has 4 nitrogen and oxygen atoms in total. The molecular formula is C17H27NO3. The third-order valence-electron chi connectivity index (χ3n) is 3.75. The van der Waals surface area contributed by atoms with E-state index in [-0.39, 0.29) is 12.1 Å². The van der Waals surface area contributed by atoms with Gasteiger partial charge in [0.2, 0.25) is 0 Å². The Labute approximate surface area is 127 Å². The number of likely N-dealkylation sites (N-methyl/N-ethyl adjacent to an activating group) is 1. The van der Waals surface area contributed by atoms with Crippen molar-refractivity contribution in [2.24, 2.45) is 0 Å². The van der Waals surface area contributed by atoms with Crippen LogP contribution in [0.5, 0.6) is 11.5 Å². The highest BCUT2D eigenvalue weighted by Gasteiger charge is 2.16. The Bertz CT molecular complexity index is 436. The molecule has 1 N–H and O–H groups in total. The van der Waals surface area contributed by atoms with Crippen LogP contribution in [-0.4, -0.2) is 32.5 Å². The molecule has 0 amide bonds. The standard InChI is InChI=1S/C17H27NO3/c1-4-13(3)21-12-15(18-5-2)14-7-8-16-17(11-14)20-10-6-9-19-16/h7-8,11,13,15,18H,4-6,9-10,12H2,1-3H3. The first-order chi connectivity index (χ1) is 10.2. The van der Waals surface area contributed by atoms with Gasteiger partial charge in [-0.15, -0.1) is 0 Å². The molecule has 0 aliphatic carbocycles. The van der Waals surface area contributed by atoms with Crippen LogP contribution in [-0.2, 0) is 4.74 Å². The van der Waals surface area contributed by atoms with E-state index in [0.717, 1.165) is 37.5 Å². The van der Waals surface area contributed by atoms with Crippen LogP contribution < -0.4 is 14.8 Å². The third kappa shape index (κ3) is 4.61. The lowest BCUT2D eigenvalue weighted by Gasteiger charge is -2.21. The lowest BCUT2D eigenvalue weighted by molar-refractivity contribution is 0.0476. The van der Waals surface area contributed by atoms with Crippen molar-refractivity contribution in [3.63, 3.8) is 0 Å². The van der Waals surface area contributed by atoms with Gasteiger partial charge >= 0.3 is 0 Å². The van der Waals surface area contributed by atoms with E-state index in [9.17, 15) is 0 Å². The van der Waals surface area contributed by atoms with Gasteiger partial charge in [0.1, 0.15) is 0 Å². The van der Waals surface area contributed by atoms with E-state index < -0.39 is 0 Å². The molecule has 0 saturated carbocycles. The predicted molar refractivity (Wildman–Crippen MR) is 84.2 cm³/mol. The highest BCUT2D eigenvalue weighted by Crippen LogP contribution is 2.32. The van der Waals surface area contributed by atoms with Gasteiger partial charge in [0.25, 0.3) is 0 Å². The Hall–Kier alpha value is -1.26. The second-order valence-electron chi connectivity index (χ2n) is 5.42. The smallest absolute Gasteiger partial charge is 0.161 e.